The molecule has 0 radical (unpaired) electrons. The molecular weight excluding hydrogens is 381 g/mol. The first-order valence-corrected chi connectivity index (χ1v) is 8.04. The maximum absolute atomic E-state index is 5.67. The van der Waals surface area contributed by atoms with Crippen molar-refractivity contribution in [3.8, 4) is 0 Å². The lowest BCUT2D eigenvalue weighted by atomic mass is 10.1. The summed E-state index contributed by atoms with van der Waals surface area (Å²) in [4.78, 5) is 4.54. The molecule has 0 saturated carbocycles. The molecule has 1 rings (SSSR count). The number of nitrogens with one attached hydrogen (secondary N) is 2. The van der Waals surface area contributed by atoms with E-state index in [0.29, 0.717) is 5.92 Å². The topological polar surface area (TPSA) is 54.9 Å². The number of hydrogen-bond acceptors (Lipinski definition) is 3. The van der Waals surface area contributed by atoms with Gasteiger partial charge in [0.2, 0.25) is 0 Å². The standard InChI is InChI=1S/C15H31N3O2.HI/c1-3-5-8-17-15(16-4-2)18-9-6-10-19-12-14-7-11-20-13-14;/h14H,3-13H2,1-2H3,(H2,16,17,18);1H. The number of unbranched alkanes of at least 4 members (excludes halogenated alkanes) is 1. The Labute approximate surface area is 146 Å². The second kappa shape index (κ2) is 14.8. The average Bonchev–Trinajstić information content (AvgIpc) is 2.96. The van der Waals surface area contributed by atoms with Crippen LogP contribution in [0.5, 0.6) is 0 Å². The third kappa shape index (κ3) is 11.2. The fraction of sp³-hybridized carbons (Fsp3) is 0.933. The number of ether oxygens (including phenoxy) is 2. The van der Waals surface area contributed by atoms with Crippen LogP contribution in [0.25, 0.3) is 0 Å². The van der Waals surface area contributed by atoms with Crippen LogP contribution in [0.3, 0.4) is 0 Å². The van der Waals surface area contributed by atoms with Gasteiger partial charge in [-0.3, -0.25) is 4.99 Å². The molecule has 1 atom stereocenters. The summed E-state index contributed by atoms with van der Waals surface area (Å²) in [6.45, 7) is 10.4. The molecular formula is C15H32IN3O2. The first-order chi connectivity index (χ1) is 9.86. The largest absolute Gasteiger partial charge is 0.381 e. The van der Waals surface area contributed by atoms with Crippen molar-refractivity contribution in [2.24, 2.45) is 10.9 Å². The highest BCUT2D eigenvalue weighted by molar-refractivity contribution is 14.0. The van der Waals surface area contributed by atoms with Gasteiger partial charge < -0.3 is 20.1 Å². The molecule has 6 heteroatoms. The van der Waals surface area contributed by atoms with Crippen molar-refractivity contribution in [2.75, 3.05) is 46.1 Å². The molecule has 0 aliphatic carbocycles. The zero-order chi connectivity index (χ0) is 14.5. The van der Waals surface area contributed by atoms with E-state index in [1.165, 1.54) is 12.8 Å². The van der Waals surface area contributed by atoms with Crippen LogP contribution in [0, 0.1) is 5.92 Å². The normalized spacial score (nSPS) is 18.4. The molecule has 1 fully saturated rings. The summed E-state index contributed by atoms with van der Waals surface area (Å²) in [6, 6.07) is 0. The molecule has 1 saturated heterocycles. The number of nitrogens with zero attached hydrogens (tertiary/aromatic N) is 1. The summed E-state index contributed by atoms with van der Waals surface area (Å²) in [7, 11) is 0. The molecule has 0 amide bonds. The van der Waals surface area contributed by atoms with Crippen LogP contribution in [0.4, 0.5) is 0 Å². The van der Waals surface area contributed by atoms with E-state index < -0.39 is 0 Å². The molecule has 5 nitrogen and oxygen atoms in total. The van der Waals surface area contributed by atoms with Gasteiger partial charge in [-0.2, -0.15) is 0 Å². The van der Waals surface area contributed by atoms with Gasteiger partial charge in [0.05, 0.1) is 13.2 Å². The van der Waals surface area contributed by atoms with Crippen LogP contribution in [-0.4, -0.2) is 52.0 Å². The van der Waals surface area contributed by atoms with E-state index in [4.69, 9.17) is 9.47 Å². The second-order valence-electron chi connectivity index (χ2n) is 5.20. The molecule has 1 aliphatic rings. The van der Waals surface area contributed by atoms with Gasteiger partial charge in [0.1, 0.15) is 0 Å². The second-order valence-corrected chi connectivity index (χ2v) is 5.20. The molecule has 0 bridgehead atoms. The first kappa shape index (κ1) is 20.9. The Balaban J connectivity index is 0.00000400. The fourth-order valence-corrected chi connectivity index (χ4v) is 2.05. The number of hydrogen-bond donors (Lipinski definition) is 2. The summed E-state index contributed by atoms with van der Waals surface area (Å²) in [6.07, 6.45) is 4.49. The van der Waals surface area contributed by atoms with Crippen LogP contribution < -0.4 is 10.6 Å². The zero-order valence-corrected chi connectivity index (χ0v) is 15.9. The predicted octanol–water partition coefficient (Wildman–Crippen LogP) is 2.40. The highest BCUT2D eigenvalue weighted by atomic mass is 127. The van der Waals surface area contributed by atoms with Crippen LogP contribution >= 0.6 is 24.0 Å². The lowest BCUT2D eigenvalue weighted by Gasteiger charge is -2.11. The van der Waals surface area contributed by atoms with Crippen molar-refractivity contribution < 1.29 is 9.47 Å². The van der Waals surface area contributed by atoms with Gasteiger partial charge in [0.25, 0.3) is 0 Å². The Bertz CT molecular complexity index is 259. The third-order valence-electron chi connectivity index (χ3n) is 3.26. The van der Waals surface area contributed by atoms with Crippen LogP contribution in [0.1, 0.15) is 39.5 Å². The van der Waals surface area contributed by atoms with Gasteiger partial charge in [-0.05, 0) is 26.2 Å². The van der Waals surface area contributed by atoms with Gasteiger partial charge in [-0.25, -0.2) is 0 Å². The monoisotopic (exact) mass is 413 g/mol. The van der Waals surface area contributed by atoms with E-state index in [1.807, 2.05) is 0 Å². The minimum atomic E-state index is 0. The van der Waals surface area contributed by atoms with Crippen molar-refractivity contribution in [3.63, 3.8) is 0 Å². The molecule has 1 aliphatic heterocycles. The minimum Gasteiger partial charge on any atom is -0.381 e. The summed E-state index contributed by atoms with van der Waals surface area (Å²) in [5, 5.41) is 6.60. The number of rotatable bonds is 10. The van der Waals surface area contributed by atoms with E-state index in [-0.39, 0.29) is 24.0 Å². The van der Waals surface area contributed by atoms with Crippen molar-refractivity contribution in [1.82, 2.24) is 10.6 Å². The van der Waals surface area contributed by atoms with Gasteiger partial charge >= 0.3 is 0 Å². The van der Waals surface area contributed by atoms with Crippen LogP contribution in [0.2, 0.25) is 0 Å². The Kier molecular flexibility index (Phi) is 14.8. The highest BCUT2D eigenvalue weighted by Crippen LogP contribution is 2.12. The van der Waals surface area contributed by atoms with Gasteiger partial charge in [-0.15, -0.1) is 24.0 Å². The molecule has 0 aromatic carbocycles. The molecule has 21 heavy (non-hydrogen) atoms. The van der Waals surface area contributed by atoms with Gasteiger partial charge in [0.15, 0.2) is 5.96 Å². The number of aliphatic imine (C=N–C) groups is 1. The Hall–Kier alpha value is -0.0800. The maximum Gasteiger partial charge on any atom is 0.191 e. The maximum atomic E-state index is 5.67. The number of guanidine groups is 1. The molecule has 2 N–H and O–H groups in total. The molecule has 1 heterocycles. The summed E-state index contributed by atoms with van der Waals surface area (Å²) in [5.41, 5.74) is 0. The Morgan fingerprint density at radius 1 is 1.29 bits per heavy atom. The van der Waals surface area contributed by atoms with Crippen molar-refractivity contribution in [3.05, 3.63) is 0 Å². The molecule has 0 spiro atoms. The predicted molar refractivity (Wildman–Crippen MR) is 98.7 cm³/mol. The third-order valence-corrected chi connectivity index (χ3v) is 3.26. The fourth-order valence-electron chi connectivity index (χ4n) is 2.05. The zero-order valence-electron chi connectivity index (χ0n) is 13.5. The lowest BCUT2D eigenvalue weighted by molar-refractivity contribution is 0.0893. The van der Waals surface area contributed by atoms with E-state index in [1.54, 1.807) is 0 Å². The average molecular weight is 413 g/mol. The van der Waals surface area contributed by atoms with E-state index >= 15 is 0 Å². The molecule has 1 unspecified atom stereocenters. The molecule has 0 aromatic heterocycles. The molecule has 126 valence electrons. The quantitative estimate of drug-likeness (QED) is 0.250. The smallest absolute Gasteiger partial charge is 0.191 e. The van der Waals surface area contributed by atoms with Gasteiger partial charge in [-0.1, -0.05) is 13.3 Å². The Morgan fingerprint density at radius 3 is 2.81 bits per heavy atom. The lowest BCUT2D eigenvalue weighted by Crippen LogP contribution is -2.37. The van der Waals surface area contributed by atoms with Gasteiger partial charge in [0, 0.05) is 38.8 Å². The first-order valence-electron chi connectivity index (χ1n) is 8.04. The van der Waals surface area contributed by atoms with E-state index in [2.05, 4.69) is 29.5 Å². The summed E-state index contributed by atoms with van der Waals surface area (Å²) < 4.78 is 11.0. The van der Waals surface area contributed by atoms with Crippen LogP contribution in [-0.2, 0) is 9.47 Å². The highest BCUT2D eigenvalue weighted by Gasteiger charge is 2.14. The summed E-state index contributed by atoms with van der Waals surface area (Å²) >= 11 is 0. The SMILES string of the molecule is CCCCNC(=NCCCOCC1CCOC1)NCC.I. The van der Waals surface area contributed by atoms with E-state index in [9.17, 15) is 0 Å². The van der Waals surface area contributed by atoms with Crippen LogP contribution in [0.15, 0.2) is 4.99 Å². The van der Waals surface area contributed by atoms with Crippen molar-refractivity contribution in [1.29, 1.82) is 0 Å². The van der Waals surface area contributed by atoms with Crippen molar-refractivity contribution in [2.45, 2.75) is 39.5 Å². The van der Waals surface area contributed by atoms with E-state index in [0.717, 1.165) is 64.9 Å². The minimum absolute atomic E-state index is 0. The van der Waals surface area contributed by atoms with Crippen molar-refractivity contribution >= 4 is 29.9 Å². The number of halogens is 1. The molecule has 0 aromatic rings. The Morgan fingerprint density at radius 2 is 2.14 bits per heavy atom. The summed E-state index contributed by atoms with van der Waals surface area (Å²) in [5.74, 6) is 1.52.